The zero-order valence-corrected chi connectivity index (χ0v) is 7.51. The van der Waals surface area contributed by atoms with Gasteiger partial charge >= 0.3 is 0 Å². The number of rotatable bonds is 0. The number of nitrogens with one attached hydrogen (secondary N) is 2. The van der Waals surface area contributed by atoms with Crippen molar-refractivity contribution in [2.24, 2.45) is 0 Å². The van der Waals surface area contributed by atoms with Crippen molar-refractivity contribution in [1.82, 2.24) is 19.9 Å². The largest absolute Gasteiger partial charge is 0.360 e. The Bertz CT molecular complexity index is 422. The number of hydrogen-bond donors (Lipinski definition) is 2. The van der Waals surface area contributed by atoms with Gasteiger partial charge in [-0.2, -0.15) is 0 Å². The van der Waals surface area contributed by atoms with Crippen LogP contribution >= 0.6 is 0 Å². The third kappa shape index (κ3) is 1.98. The molecule has 0 unspecified atom stereocenters. The lowest BCUT2D eigenvalue weighted by molar-refractivity contribution is 1.31. The van der Waals surface area contributed by atoms with E-state index in [0.29, 0.717) is 0 Å². The Labute approximate surface area is 81.0 Å². The lowest BCUT2D eigenvalue weighted by Crippen LogP contribution is -1.68. The minimum Gasteiger partial charge on any atom is -0.360 e. The van der Waals surface area contributed by atoms with Gasteiger partial charge in [-0.1, -0.05) is 0 Å². The molecule has 0 atom stereocenters. The molecule has 3 aromatic heterocycles. The second-order valence-corrected chi connectivity index (χ2v) is 2.67. The van der Waals surface area contributed by atoms with Crippen molar-refractivity contribution < 1.29 is 0 Å². The molecule has 3 heterocycles. The van der Waals surface area contributed by atoms with Crippen LogP contribution in [0, 0.1) is 0 Å². The highest BCUT2D eigenvalue weighted by Gasteiger charge is 1.88. The number of pyridine rings is 1. The molecule has 2 N–H and O–H groups in total. The van der Waals surface area contributed by atoms with E-state index in [1.54, 1.807) is 24.9 Å². The van der Waals surface area contributed by atoms with Crippen LogP contribution in [0.4, 0.5) is 0 Å². The maximum Gasteiger partial charge on any atom is 0.0919 e. The SMILES string of the molecule is c1c[nH]cn1.c1cnc2cc[nH]c2c1. The Kier molecular flexibility index (Phi) is 2.56. The second-order valence-electron chi connectivity index (χ2n) is 2.67. The lowest BCUT2D eigenvalue weighted by atomic mass is 10.4. The van der Waals surface area contributed by atoms with Gasteiger partial charge in [0, 0.05) is 24.8 Å². The van der Waals surface area contributed by atoms with Crippen molar-refractivity contribution in [3.8, 4) is 0 Å². The molecule has 14 heavy (non-hydrogen) atoms. The van der Waals surface area contributed by atoms with Crippen LogP contribution in [-0.4, -0.2) is 19.9 Å². The Morgan fingerprint density at radius 3 is 2.71 bits per heavy atom. The summed E-state index contributed by atoms with van der Waals surface area (Å²) >= 11 is 0. The quantitative estimate of drug-likeness (QED) is 0.564. The first-order chi connectivity index (χ1) is 6.97. The van der Waals surface area contributed by atoms with Crippen molar-refractivity contribution in [2.45, 2.75) is 0 Å². The molecule has 0 radical (unpaired) electrons. The highest BCUT2D eigenvalue weighted by atomic mass is 14.8. The molecule has 0 aliphatic heterocycles. The number of aromatic nitrogens is 4. The van der Waals surface area contributed by atoms with E-state index in [-0.39, 0.29) is 0 Å². The normalized spacial score (nSPS) is 9.43. The van der Waals surface area contributed by atoms with Crippen molar-refractivity contribution in [1.29, 1.82) is 0 Å². The summed E-state index contributed by atoms with van der Waals surface area (Å²) in [5.41, 5.74) is 2.12. The van der Waals surface area contributed by atoms with E-state index in [1.807, 2.05) is 24.4 Å². The minimum absolute atomic E-state index is 1.03. The molecular formula is C10H10N4. The summed E-state index contributed by atoms with van der Waals surface area (Å²) in [5, 5.41) is 0. The molecule has 3 aromatic rings. The van der Waals surface area contributed by atoms with Gasteiger partial charge in [0.15, 0.2) is 0 Å². The number of fused-ring (bicyclic) bond motifs is 1. The smallest absolute Gasteiger partial charge is 0.0919 e. The first-order valence-corrected chi connectivity index (χ1v) is 4.27. The molecule has 0 aromatic carbocycles. The maximum atomic E-state index is 4.11. The molecule has 4 heteroatoms. The molecule has 0 saturated carbocycles. The van der Waals surface area contributed by atoms with E-state index in [2.05, 4.69) is 19.9 Å². The number of imidazole rings is 1. The van der Waals surface area contributed by atoms with Crippen LogP contribution in [0.3, 0.4) is 0 Å². The van der Waals surface area contributed by atoms with E-state index < -0.39 is 0 Å². The number of nitrogens with zero attached hydrogens (tertiary/aromatic N) is 2. The Hall–Kier alpha value is -2.10. The van der Waals surface area contributed by atoms with Crippen LogP contribution in [0.2, 0.25) is 0 Å². The fourth-order valence-electron chi connectivity index (χ4n) is 1.10. The zero-order chi connectivity index (χ0) is 9.64. The second kappa shape index (κ2) is 4.23. The van der Waals surface area contributed by atoms with Gasteiger partial charge in [0.25, 0.3) is 0 Å². The van der Waals surface area contributed by atoms with E-state index in [1.165, 1.54) is 0 Å². The molecule has 0 saturated heterocycles. The van der Waals surface area contributed by atoms with Gasteiger partial charge in [0.1, 0.15) is 0 Å². The van der Waals surface area contributed by atoms with Crippen LogP contribution in [0.15, 0.2) is 49.3 Å². The predicted molar refractivity (Wildman–Crippen MR) is 54.7 cm³/mol. The van der Waals surface area contributed by atoms with Gasteiger partial charge in [-0.25, -0.2) is 4.98 Å². The van der Waals surface area contributed by atoms with Crippen molar-refractivity contribution in [3.63, 3.8) is 0 Å². The van der Waals surface area contributed by atoms with Crippen LogP contribution in [-0.2, 0) is 0 Å². The summed E-state index contributed by atoms with van der Waals surface area (Å²) in [6.07, 6.45) is 8.76. The Balaban J connectivity index is 0.000000128. The van der Waals surface area contributed by atoms with Crippen LogP contribution in [0.25, 0.3) is 11.0 Å². The fraction of sp³-hybridized carbons (Fsp3) is 0. The van der Waals surface area contributed by atoms with Crippen molar-refractivity contribution in [3.05, 3.63) is 49.3 Å². The summed E-state index contributed by atoms with van der Waals surface area (Å²) in [4.78, 5) is 13.6. The van der Waals surface area contributed by atoms with Crippen molar-refractivity contribution >= 4 is 11.0 Å². The van der Waals surface area contributed by atoms with Gasteiger partial charge in [-0.05, 0) is 18.2 Å². The number of H-pyrrole nitrogens is 2. The first-order valence-electron chi connectivity index (χ1n) is 4.27. The minimum atomic E-state index is 1.03. The van der Waals surface area contributed by atoms with Crippen LogP contribution in [0.5, 0.6) is 0 Å². The molecule has 0 amide bonds. The van der Waals surface area contributed by atoms with Crippen molar-refractivity contribution in [2.75, 3.05) is 0 Å². The van der Waals surface area contributed by atoms with Gasteiger partial charge in [-0.15, -0.1) is 0 Å². The summed E-state index contributed by atoms with van der Waals surface area (Å²) in [6, 6.07) is 5.87. The molecule has 0 spiro atoms. The van der Waals surface area contributed by atoms with Gasteiger partial charge in [-0.3, -0.25) is 4.98 Å². The van der Waals surface area contributed by atoms with Gasteiger partial charge in [0.2, 0.25) is 0 Å². The lowest BCUT2D eigenvalue weighted by Gasteiger charge is -1.82. The first kappa shape index (κ1) is 8.50. The van der Waals surface area contributed by atoms with Crippen LogP contribution < -0.4 is 0 Å². The Morgan fingerprint density at radius 1 is 1.07 bits per heavy atom. The number of hydrogen-bond acceptors (Lipinski definition) is 2. The summed E-state index contributed by atoms with van der Waals surface area (Å²) in [7, 11) is 0. The average molecular weight is 186 g/mol. The average Bonchev–Trinajstić information content (AvgIpc) is 2.92. The number of aromatic amines is 2. The topological polar surface area (TPSA) is 57.4 Å². The molecule has 4 nitrogen and oxygen atoms in total. The summed E-state index contributed by atoms with van der Waals surface area (Å²) in [6.45, 7) is 0. The standard InChI is InChI=1S/C7H6N2.C3H4N2/c1-2-6-7(8-4-1)3-5-9-6;1-2-5-3-4-1/h1-5,9H;1-3H,(H,4,5). The van der Waals surface area contributed by atoms with Crippen LogP contribution in [0.1, 0.15) is 0 Å². The molecule has 70 valence electrons. The molecule has 0 fully saturated rings. The highest BCUT2D eigenvalue weighted by Crippen LogP contribution is 2.05. The molecule has 3 rings (SSSR count). The fourth-order valence-corrected chi connectivity index (χ4v) is 1.10. The predicted octanol–water partition coefficient (Wildman–Crippen LogP) is 1.97. The molecule has 0 bridgehead atoms. The third-order valence-electron chi connectivity index (χ3n) is 1.72. The molecule has 0 aliphatic carbocycles. The van der Waals surface area contributed by atoms with Gasteiger partial charge in [0.05, 0.1) is 17.4 Å². The van der Waals surface area contributed by atoms with Gasteiger partial charge < -0.3 is 9.97 Å². The maximum absolute atomic E-state index is 4.11. The summed E-state index contributed by atoms with van der Waals surface area (Å²) < 4.78 is 0. The summed E-state index contributed by atoms with van der Waals surface area (Å²) in [5.74, 6) is 0. The zero-order valence-electron chi connectivity index (χ0n) is 7.51. The van der Waals surface area contributed by atoms with E-state index in [0.717, 1.165) is 11.0 Å². The molecular weight excluding hydrogens is 176 g/mol. The molecule has 0 aliphatic rings. The van der Waals surface area contributed by atoms with E-state index in [9.17, 15) is 0 Å². The third-order valence-corrected chi connectivity index (χ3v) is 1.72. The monoisotopic (exact) mass is 186 g/mol. The highest BCUT2D eigenvalue weighted by molar-refractivity contribution is 5.73. The Morgan fingerprint density at radius 2 is 2.07 bits per heavy atom. The van der Waals surface area contributed by atoms with E-state index in [4.69, 9.17) is 0 Å². The van der Waals surface area contributed by atoms with E-state index >= 15 is 0 Å².